The number of nitrogens with zero attached hydrogens (tertiary/aromatic N) is 1. The van der Waals surface area contributed by atoms with Crippen LogP contribution in [-0.4, -0.2) is 34.5 Å². The summed E-state index contributed by atoms with van der Waals surface area (Å²) in [4.78, 5) is 5.87. The highest BCUT2D eigenvalue weighted by atomic mass is 32.2. The molecule has 0 saturated carbocycles. The summed E-state index contributed by atoms with van der Waals surface area (Å²) >= 11 is 2.09. The first-order valence-corrected chi connectivity index (χ1v) is 7.44. The molecule has 0 atom stereocenters. The Morgan fingerprint density at radius 2 is 2.18 bits per heavy atom. The second kappa shape index (κ2) is 5.15. The molecule has 1 aliphatic heterocycles. The molecule has 2 aromatic rings. The molecule has 0 radical (unpaired) electrons. The van der Waals surface area contributed by atoms with Crippen molar-refractivity contribution in [2.45, 2.75) is 13.0 Å². The van der Waals surface area contributed by atoms with Crippen molar-refractivity contribution in [1.29, 1.82) is 0 Å². The molecule has 1 aromatic carbocycles. The van der Waals surface area contributed by atoms with Crippen molar-refractivity contribution in [1.82, 2.24) is 9.88 Å². The summed E-state index contributed by atoms with van der Waals surface area (Å²) in [6.07, 6.45) is 3.36. The Labute approximate surface area is 106 Å². The van der Waals surface area contributed by atoms with Gasteiger partial charge in [0.25, 0.3) is 0 Å². The fraction of sp³-hybridized carbons (Fsp3) is 0.429. The summed E-state index contributed by atoms with van der Waals surface area (Å²) in [5.74, 6) is 2.61. The lowest BCUT2D eigenvalue weighted by atomic mass is 10.1. The zero-order valence-electron chi connectivity index (χ0n) is 9.98. The van der Waals surface area contributed by atoms with Crippen molar-refractivity contribution in [3.8, 4) is 0 Å². The topological polar surface area (TPSA) is 19.0 Å². The number of benzene rings is 1. The van der Waals surface area contributed by atoms with E-state index in [1.807, 2.05) is 6.20 Å². The normalized spacial score (nSPS) is 18.4. The quantitative estimate of drug-likeness (QED) is 0.878. The Hall–Kier alpha value is -0.930. The highest BCUT2D eigenvalue weighted by Gasteiger charge is 2.11. The van der Waals surface area contributed by atoms with Crippen LogP contribution in [0.15, 0.2) is 30.5 Å². The van der Waals surface area contributed by atoms with Gasteiger partial charge in [0.05, 0.1) is 0 Å². The van der Waals surface area contributed by atoms with Crippen molar-refractivity contribution in [3.63, 3.8) is 0 Å². The summed E-state index contributed by atoms with van der Waals surface area (Å²) in [6.45, 7) is 3.56. The molecule has 17 heavy (non-hydrogen) atoms. The molecular formula is C14H18N2S. The molecule has 3 rings (SSSR count). The number of aromatic nitrogens is 1. The highest BCUT2D eigenvalue weighted by molar-refractivity contribution is 7.99. The van der Waals surface area contributed by atoms with E-state index < -0.39 is 0 Å². The summed E-state index contributed by atoms with van der Waals surface area (Å²) in [6, 6.07) is 8.75. The number of rotatable bonds is 2. The van der Waals surface area contributed by atoms with Crippen LogP contribution in [0.1, 0.15) is 12.0 Å². The van der Waals surface area contributed by atoms with Gasteiger partial charge in [-0.1, -0.05) is 12.1 Å². The minimum atomic E-state index is 1.09. The van der Waals surface area contributed by atoms with Crippen LogP contribution in [0.2, 0.25) is 0 Å². The van der Waals surface area contributed by atoms with Gasteiger partial charge in [-0.2, -0.15) is 11.8 Å². The Balaban J connectivity index is 1.81. The van der Waals surface area contributed by atoms with Crippen molar-refractivity contribution in [2.75, 3.05) is 24.6 Å². The number of aromatic amines is 1. The molecular weight excluding hydrogens is 228 g/mol. The predicted molar refractivity (Wildman–Crippen MR) is 75.5 cm³/mol. The smallest absolute Gasteiger partial charge is 0.0457 e. The van der Waals surface area contributed by atoms with Crippen LogP contribution >= 0.6 is 11.8 Å². The van der Waals surface area contributed by atoms with Gasteiger partial charge in [0, 0.05) is 35.9 Å². The van der Waals surface area contributed by atoms with E-state index in [0.717, 1.165) is 6.54 Å². The summed E-state index contributed by atoms with van der Waals surface area (Å²) < 4.78 is 0. The molecule has 0 amide bonds. The van der Waals surface area contributed by atoms with Gasteiger partial charge in [0.1, 0.15) is 0 Å². The molecule has 0 spiro atoms. The first-order chi connectivity index (χ1) is 8.43. The molecule has 1 aromatic heterocycles. The Kier molecular flexibility index (Phi) is 3.39. The third-order valence-electron chi connectivity index (χ3n) is 3.39. The van der Waals surface area contributed by atoms with E-state index in [2.05, 4.69) is 45.9 Å². The van der Waals surface area contributed by atoms with E-state index in [0.29, 0.717) is 0 Å². The van der Waals surface area contributed by atoms with Crippen LogP contribution in [0.4, 0.5) is 0 Å². The number of H-pyrrole nitrogens is 1. The fourth-order valence-corrected chi connectivity index (χ4v) is 3.41. The Morgan fingerprint density at radius 1 is 1.18 bits per heavy atom. The van der Waals surface area contributed by atoms with Crippen molar-refractivity contribution in [2.24, 2.45) is 0 Å². The van der Waals surface area contributed by atoms with Gasteiger partial charge in [0.15, 0.2) is 0 Å². The SMILES string of the molecule is c1cc(CN2CCCSCC2)c2cc[nH]c2c1. The Morgan fingerprint density at radius 3 is 3.18 bits per heavy atom. The Bertz CT molecular complexity index is 484. The van der Waals surface area contributed by atoms with Gasteiger partial charge in [-0.05, 0) is 36.4 Å². The minimum absolute atomic E-state index is 1.09. The second-order valence-corrected chi connectivity index (χ2v) is 5.82. The lowest BCUT2D eigenvalue weighted by molar-refractivity contribution is 0.288. The largest absolute Gasteiger partial charge is 0.361 e. The number of hydrogen-bond donors (Lipinski definition) is 1. The van der Waals surface area contributed by atoms with E-state index in [1.165, 1.54) is 47.5 Å². The van der Waals surface area contributed by atoms with Crippen LogP contribution in [-0.2, 0) is 6.54 Å². The molecule has 1 fully saturated rings. The first-order valence-electron chi connectivity index (χ1n) is 6.28. The number of fused-ring (bicyclic) bond motifs is 1. The van der Waals surface area contributed by atoms with Crippen LogP contribution in [0.25, 0.3) is 10.9 Å². The van der Waals surface area contributed by atoms with Gasteiger partial charge in [0.2, 0.25) is 0 Å². The van der Waals surface area contributed by atoms with E-state index in [9.17, 15) is 0 Å². The average molecular weight is 246 g/mol. The molecule has 0 aliphatic carbocycles. The maximum Gasteiger partial charge on any atom is 0.0457 e. The molecule has 2 nitrogen and oxygen atoms in total. The lowest BCUT2D eigenvalue weighted by Crippen LogP contribution is -2.25. The third-order valence-corrected chi connectivity index (χ3v) is 4.44. The molecule has 3 heteroatoms. The maximum absolute atomic E-state index is 3.29. The zero-order chi connectivity index (χ0) is 11.5. The van der Waals surface area contributed by atoms with E-state index in [4.69, 9.17) is 0 Å². The van der Waals surface area contributed by atoms with E-state index in [-0.39, 0.29) is 0 Å². The van der Waals surface area contributed by atoms with Gasteiger partial charge in [-0.3, -0.25) is 4.90 Å². The molecule has 1 saturated heterocycles. The van der Waals surface area contributed by atoms with Crippen LogP contribution in [0.3, 0.4) is 0 Å². The summed E-state index contributed by atoms with van der Waals surface area (Å²) in [5, 5.41) is 1.38. The van der Waals surface area contributed by atoms with Crippen molar-refractivity contribution in [3.05, 3.63) is 36.0 Å². The van der Waals surface area contributed by atoms with Gasteiger partial charge in [-0.25, -0.2) is 0 Å². The van der Waals surface area contributed by atoms with Crippen LogP contribution < -0.4 is 0 Å². The van der Waals surface area contributed by atoms with Gasteiger partial charge < -0.3 is 4.98 Å². The number of nitrogens with one attached hydrogen (secondary N) is 1. The number of thioether (sulfide) groups is 1. The zero-order valence-corrected chi connectivity index (χ0v) is 10.8. The molecule has 1 N–H and O–H groups in total. The molecule has 0 bridgehead atoms. The van der Waals surface area contributed by atoms with E-state index >= 15 is 0 Å². The second-order valence-electron chi connectivity index (χ2n) is 4.60. The predicted octanol–water partition coefficient (Wildman–Crippen LogP) is 3.11. The summed E-state index contributed by atoms with van der Waals surface area (Å²) in [7, 11) is 0. The monoisotopic (exact) mass is 246 g/mol. The first kappa shape index (κ1) is 11.2. The van der Waals surface area contributed by atoms with Crippen LogP contribution in [0.5, 0.6) is 0 Å². The molecule has 0 unspecified atom stereocenters. The molecule has 90 valence electrons. The highest BCUT2D eigenvalue weighted by Crippen LogP contribution is 2.20. The standard InChI is InChI=1S/C14H18N2S/c1-3-12(13-5-6-15-14(13)4-1)11-16-7-2-9-17-10-8-16/h1,3-6,15H,2,7-11H2. The van der Waals surface area contributed by atoms with Crippen molar-refractivity contribution < 1.29 is 0 Å². The molecule has 1 aliphatic rings. The van der Waals surface area contributed by atoms with E-state index in [1.54, 1.807) is 0 Å². The molecule has 2 heterocycles. The van der Waals surface area contributed by atoms with Crippen LogP contribution in [0, 0.1) is 0 Å². The van der Waals surface area contributed by atoms with Gasteiger partial charge in [-0.15, -0.1) is 0 Å². The lowest BCUT2D eigenvalue weighted by Gasteiger charge is -2.19. The fourth-order valence-electron chi connectivity index (χ4n) is 2.49. The van der Waals surface area contributed by atoms with Gasteiger partial charge >= 0.3 is 0 Å². The minimum Gasteiger partial charge on any atom is -0.361 e. The summed E-state index contributed by atoms with van der Waals surface area (Å²) in [5.41, 5.74) is 2.71. The maximum atomic E-state index is 3.29. The third kappa shape index (κ3) is 2.50. The average Bonchev–Trinajstić information content (AvgIpc) is 2.69. The number of hydrogen-bond acceptors (Lipinski definition) is 2. The van der Waals surface area contributed by atoms with Crippen molar-refractivity contribution >= 4 is 22.7 Å².